The van der Waals surface area contributed by atoms with Gasteiger partial charge < -0.3 is 19.7 Å². The van der Waals surface area contributed by atoms with Crippen molar-refractivity contribution in [3.8, 4) is 5.75 Å². The number of hydrogen-bond donors (Lipinski definition) is 3. The number of nitro benzene ring substituents is 1. The molecule has 0 bridgehead atoms. The lowest BCUT2D eigenvalue weighted by atomic mass is 9.68. The molecule has 0 radical (unpaired) electrons. The topological polar surface area (TPSA) is 150 Å². The Balaban J connectivity index is 1.30. The van der Waals surface area contributed by atoms with Crippen LogP contribution in [-0.4, -0.2) is 59.7 Å². The fourth-order valence-electron chi connectivity index (χ4n) is 9.53. The highest BCUT2D eigenvalue weighted by molar-refractivity contribution is 6.99. The molecule has 1 saturated heterocycles. The van der Waals surface area contributed by atoms with Crippen molar-refractivity contribution in [3.63, 3.8) is 0 Å². The lowest BCUT2D eigenvalue weighted by molar-refractivity contribution is -0.384. The van der Waals surface area contributed by atoms with E-state index in [1.165, 1.54) is 24.3 Å². The maximum atomic E-state index is 14.4. The number of carbonyl (C=O) groups excluding carboxylic acids is 2. The summed E-state index contributed by atoms with van der Waals surface area (Å²) in [5, 5.41) is 49.2. The molecule has 10 nitrogen and oxygen atoms in total. The minimum absolute atomic E-state index is 0.0493. The van der Waals surface area contributed by atoms with Gasteiger partial charge in [-0.05, 0) is 75.3 Å². The maximum Gasteiger partial charge on any atom is 0.271 e. The van der Waals surface area contributed by atoms with Crippen LogP contribution in [0.3, 0.4) is 0 Å². The third-order valence-electron chi connectivity index (χ3n) is 12.4. The fourth-order valence-corrected chi connectivity index (χ4v) is 14.1. The van der Waals surface area contributed by atoms with E-state index in [0.29, 0.717) is 24.0 Å². The van der Waals surface area contributed by atoms with Gasteiger partial charge in [0.25, 0.3) is 14.0 Å². The minimum atomic E-state index is -3.12. The summed E-state index contributed by atoms with van der Waals surface area (Å²) in [6.45, 7) is 8.10. The summed E-state index contributed by atoms with van der Waals surface area (Å²) >= 11 is 0. The number of anilines is 1. The van der Waals surface area contributed by atoms with Crippen molar-refractivity contribution in [2.75, 3.05) is 18.1 Å². The van der Waals surface area contributed by atoms with E-state index >= 15 is 0 Å². The number of allylic oxidation sites excluding steroid dienone is 1. The zero-order chi connectivity index (χ0) is 42.8. The first-order chi connectivity index (χ1) is 28.8. The molecule has 5 aromatic rings. The number of amides is 2. The van der Waals surface area contributed by atoms with Gasteiger partial charge in [0.15, 0.2) is 0 Å². The van der Waals surface area contributed by atoms with Gasteiger partial charge in [-0.3, -0.25) is 19.7 Å². The number of phenolic OH excluding ortho intramolecular Hbond substituents is 1. The highest BCUT2D eigenvalue weighted by Crippen LogP contribution is 2.48. The van der Waals surface area contributed by atoms with Crippen molar-refractivity contribution in [2.45, 2.75) is 64.5 Å². The van der Waals surface area contributed by atoms with Crippen molar-refractivity contribution in [1.29, 1.82) is 0 Å². The summed E-state index contributed by atoms with van der Waals surface area (Å²) in [4.78, 5) is 40.9. The number of aliphatic hydroxyl groups excluding tert-OH is 2. The van der Waals surface area contributed by atoms with E-state index < -0.39 is 55.5 Å². The van der Waals surface area contributed by atoms with E-state index in [4.69, 9.17) is 4.43 Å². The van der Waals surface area contributed by atoms with Crippen molar-refractivity contribution < 1.29 is 34.3 Å². The number of fused-ring (bicyclic) bond motifs is 2. The molecule has 0 unspecified atom stereocenters. The second-order valence-electron chi connectivity index (χ2n) is 16.9. The van der Waals surface area contributed by atoms with E-state index in [-0.39, 0.29) is 41.6 Å². The summed E-state index contributed by atoms with van der Waals surface area (Å²) in [6, 6.07) is 37.0. The second-order valence-corrected chi connectivity index (χ2v) is 21.2. The molecule has 7 rings (SSSR count). The van der Waals surface area contributed by atoms with E-state index in [1.54, 1.807) is 6.07 Å². The molecular weight excluding hydrogens is 773 g/mol. The van der Waals surface area contributed by atoms with Gasteiger partial charge >= 0.3 is 0 Å². The van der Waals surface area contributed by atoms with Gasteiger partial charge in [-0.1, -0.05) is 136 Å². The monoisotopic (exact) mass is 824 g/mol. The maximum absolute atomic E-state index is 14.4. The lowest BCUT2D eigenvalue weighted by Gasteiger charge is -2.44. The van der Waals surface area contributed by atoms with Crippen LogP contribution in [0.4, 0.5) is 11.4 Å². The van der Waals surface area contributed by atoms with Gasteiger partial charge in [0.1, 0.15) is 5.75 Å². The van der Waals surface area contributed by atoms with E-state index in [1.807, 2.05) is 66.7 Å². The molecule has 310 valence electrons. The Hall–Kier alpha value is -5.72. The number of imide groups is 1. The van der Waals surface area contributed by atoms with Crippen LogP contribution in [0.1, 0.15) is 58.9 Å². The number of non-ortho nitro benzene ring substituents is 1. The van der Waals surface area contributed by atoms with Crippen LogP contribution < -0.4 is 15.3 Å². The van der Waals surface area contributed by atoms with Crippen LogP contribution in [-0.2, 0) is 14.0 Å². The van der Waals surface area contributed by atoms with Gasteiger partial charge in [-0.25, -0.2) is 4.90 Å². The van der Waals surface area contributed by atoms with Crippen LogP contribution >= 0.6 is 0 Å². The Morgan fingerprint density at radius 3 is 2.13 bits per heavy atom. The number of carbonyl (C=O) groups is 2. The van der Waals surface area contributed by atoms with Crippen LogP contribution in [0.25, 0.3) is 16.8 Å². The minimum Gasteiger partial charge on any atom is -0.507 e. The van der Waals surface area contributed by atoms with Gasteiger partial charge in [0, 0.05) is 23.4 Å². The molecule has 1 aliphatic heterocycles. The molecule has 0 aromatic heterocycles. The first kappa shape index (κ1) is 42.4. The quantitative estimate of drug-likeness (QED) is 0.0335. The molecule has 2 aliphatic rings. The summed E-state index contributed by atoms with van der Waals surface area (Å²) in [5.41, 5.74) is 3.02. The molecule has 11 heteroatoms. The number of aliphatic hydroxyl groups is 2. The summed E-state index contributed by atoms with van der Waals surface area (Å²) in [5.74, 6) is -3.64. The van der Waals surface area contributed by atoms with Gasteiger partial charge in [-0.15, -0.1) is 0 Å². The lowest BCUT2D eigenvalue weighted by Crippen LogP contribution is -2.66. The Kier molecular flexibility index (Phi) is 12.4. The molecular formula is C49H52N2O8Si. The van der Waals surface area contributed by atoms with Crippen molar-refractivity contribution >= 4 is 58.7 Å². The van der Waals surface area contributed by atoms with Crippen LogP contribution in [0.5, 0.6) is 5.75 Å². The van der Waals surface area contributed by atoms with Crippen molar-refractivity contribution in [2.24, 2.45) is 17.8 Å². The van der Waals surface area contributed by atoms with Gasteiger partial charge in [0.05, 0.1) is 41.8 Å². The molecule has 1 aliphatic carbocycles. The third-order valence-corrected chi connectivity index (χ3v) is 17.4. The Morgan fingerprint density at radius 1 is 0.900 bits per heavy atom. The normalized spacial score (nSPS) is 19.2. The van der Waals surface area contributed by atoms with E-state index in [9.17, 15) is 35.0 Å². The number of hydrogen-bond acceptors (Lipinski definition) is 8. The number of phenols is 1. The first-order valence-corrected chi connectivity index (χ1v) is 22.5. The third kappa shape index (κ3) is 7.86. The fraction of sp³-hybridized carbons (Fsp3) is 0.306. The highest BCUT2D eigenvalue weighted by atomic mass is 28.4. The smallest absolute Gasteiger partial charge is 0.271 e. The zero-order valence-electron chi connectivity index (χ0n) is 34.5. The van der Waals surface area contributed by atoms with Crippen molar-refractivity contribution in [3.05, 3.63) is 154 Å². The number of benzene rings is 5. The Morgan fingerprint density at radius 2 is 1.53 bits per heavy atom. The van der Waals surface area contributed by atoms with E-state index in [0.717, 1.165) is 37.2 Å². The van der Waals surface area contributed by atoms with E-state index in [2.05, 4.69) is 58.0 Å². The first-order valence-electron chi connectivity index (χ1n) is 20.6. The number of nitrogens with zero attached hydrogens (tertiary/aromatic N) is 2. The van der Waals surface area contributed by atoms with Crippen LogP contribution in [0.2, 0.25) is 5.04 Å². The van der Waals surface area contributed by atoms with Crippen molar-refractivity contribution in [1.82, 2.24) is 0 Å². The Labute approximate surface area is 351 Å². The summed E-state index contributed by atoms with van der Waals surface area (Å²) in [6.07, 6.45) is 2.58. The molecule has 1 heterocycles. The SMILES string of the molecule is CC/C(=C\c1ccc(O)c2ccccc12)CC[C@@H](O)C1=C(CO[Si](c2ccccc2)(c2ccccc2)C(C)(C)C)C[C@H]2C(=O)N(c3cccc([N+](=O)[O-])c3)C(=O)[C@H]2[C@H]1CO. The zero-order valence-corrected chi connectivity index (χ0v) is 35.5. The largest absolute Gasteiger partial charge is 0.507 e. The average Bonchev–Trinajstić information content (AvgIpc) is 3.51. The van der Waals surface area contributed by atoms with Gasteiger partial charge in [-0.2, -0.15) is 0 Å². The molecule has 3 N–H and O–H groups in total. The number of nitro groups is 1. The molecule has 1 fully saturated rings. The number of aromatic hydroxyl groups is 1. The molecule has 0 saturated carbocycles. The Bertz CT molecular complexity index is 2420. The molecule has 4 atom stereocenters. The van der Waals surface area contributed by atoms with Crippen LogP contribution in [0, 0.1) is 27.9 Å². The standard InChI is InChI=1S/C49H52N2O8Si/c1-5-32(27-33-24-26-43(53)40-22-13-12-21-39(33)40)23-25-44(54)45-34(31-59-60(49(2,3)4,37-17-8-6-9-18-37)38-19-10-7-11-20-38)28-41-46(42(45)30-52)48(56)50(47(41)55)35-15-14-16-36(29-35)51(57)58/h6-22,24,26-27,29,41-42,44,46,52-54H,5,23,25,28,30-31H2,1-4H3/b32-27+/t41-,42+,44-,46-/m1/s1. The molecule has 0 spiro atoms. The van der Waals surface area contributed by atoms with Crippen LogP contribution in [0.15, 0.2) is 138 Å². The predicted octanol–water partition coefficient (Wildman–Crippen LogP) is 8.08. The second kappa shape index (κ2) is 17.5. The highest BCUT2D eigenvalue weighted by Gasteiger charge is 2.56. The molecule has 60 heavy (non-hydrogen) atoms. The summed E-state index contributed by atoms with van der Waals surface area (Å²) < 4.78 is 7.39. The average molecular weight is 825 g/mol. The van der Waals surface area contributed by atoms with Gasteiger partial charge in [0.2, 0.25) is 11.8 Å². The molecule has 5 aromatic carbocycles. The molecule has 2 amide bonds. The predicted molar refractivity (Wildman–Crippen MR) is 237 cm³/mol. The number of rotatable bonds is 14. The summed E-state index contributed by atoms with van der Waals surface area (Å²) in [7, 11) is -3.12.